The van der Waals surface area contributed by atoms with Crippen LogP contribution in [0.3, 0.4) is 0 Å². The summed E-state index contributed by atoms with van der Waals surface area (Å²) in [5.74, 6) is -4.91. The highest BCUT2D eigenvalue weighted by Crippen LogP contribution is 2.46. The van der Waals surface area contributed by atoms with Crippen LogP contribution in [0.25, 0.3) is 0 Å². The van der Waals surface area contributed by atoms with Crippen LogP contribution in [0.1, 0.15) is 29.7 Å². The van der Waals surface area contributed by atoms with Crippen molar-refractivity contribution in [3.05, 3.63) is 33.8 Å². The summed E-state index contributed by atoms with van der Waals surface area (Å²) < 4.78 is 65.0. The number of aryl methyl sites for hydroxylation is 2. The van der Waals surface area contributed by atoms with Gasteiger partial charge in [0.25, 0.3) is 0 Å². The molecule has 0 amide bonds. The Kier molecular flexibility index (Phi) is 5.03. The molecule has 1 aromatic rings. The Morgan fingerprint density at radius 2 is 1.60 bits per heavy atom. The zero-order valence-electron chi connectivity index (χ0n) is 11.2. The molecule has 20 heavy (non-hydrogen) atoms. The van der Waals surface area contributed by atoms with Crippen LogP contribution >= 0.6 is 11.6 Å². The number of rotatable bonds is 4. The van der Waals surface area contributed by atoms with E-state index in [0.717, 1.165) is 5.56 Å². The van der Waals surface area contributed by atoms with Gasteiger partial charge in [-0.15, -0.1) is 0 Å². The molecule has 1 N–H and O–H groups in total. The number of alkyl halides is 5. The van der Waals surface area contributed by atoms with Crippen molar-refractivity contribution >= 4 is 11.6 Å². The van der Waals surface area contributed by atoms with E-state index in [1.54, 1.807) is 13.8 Å². The lowest BCUT2D eigenvalue weighted by atomic mass is 9.96. The quantitative estimate of drug-likeness (QED) is 0.787. The second kappa shape index (κ2) is 5.85. The molecular formula is C13H15ClF5N. The minimum atomic E-state index is -5.65. The second-order valence-electron chi connectivity index (χ2n) is 4.57. The molecule has 1 nitrogen and oxygen atoms in total. The van der Waals surface area contributed by atoms with E-state index < -0.39 is 18.1 Å². The summed E-state index contributed by atoms with van der Waals surface area (Å²) in [4.78, 5) is 0. The second-order valence-corrected chi connectivity index (χ2v) is 4.98. The number of hydrogen-bond acceptors (Lipinski definition) is 1. The molecule has 0 aliphatic heterocycles. The van der Waals surface area contributed by atoms with Gasteiger partial charge in [-0.1, -0.05) is 24.6 Å². The maximum Gasteiger partial charge on any atom is 0.455 e. The van der Waals surface area contributed by atoms with Crippen LogP contribution in [0.4, 0.5) is 22.0 Å². The van der Waals surface area contributed by atoms with Crippen LogP contribution in [0.15, 0.2) is 12.1 Å². The lowest BCUT2D eigenvalue weighted by Gasteiger charge is -2.30. The van der Waals surface area contributed by atoms with Gasteiger partial charge in [0.15, 0.2) is 0 Å². The van der Waals surface area contributed by atoms with E-state index in [4.69, 9.17) is 11.6 Å². The molecule has 1 rings (SSSR count). The van der Waals surface area contributed by atoms with Crippen LogP contribution < -0.4 is 5.32 Å². The molecule has 0 saturated heterocycles. The average Bonchev–Trinajstić information content (AvgIpc) is 2.29. The van der Waals surface area contributed by atoms with Crippen LogP contribution in [-0.4, -0.2) is 18.6 Å². The predicted octanol–water partition coefficient (Wildman–Crippen LogP) is 4.81. The lowest BCUT2D eigenvalue weighted by molar-refractivity contribution is -0.294. The highest BCUT2D eigenvalue weighted by Gasteiger charge is 2.62. The topological polar surface area (TPSA) is 12.0 Å². The van der Waals surface area contributed by atoms with Gasteiger partial charge >= 0.3 is 12.1 Å². The minimum Gasteiger partial charge on any atom is -0.305 e. The van der Waals surface area contributed by atoms with Crippen molar-refractivity contribution < 1.29 is 22.0 Å². The maximum absolute atomic E-state index is 13.6. The Hall–Kier alpha value is -0.880. The molecule has 0 saturated carbocycles. The first-order valence-corrected chi connectivity index (χ1v) is 6.34. The fourth-order valence-corrected chi connectivity index (χ4v) is 2.15. The SMILES string of the molecule is CCNC(c1cc(C)c(C)cc1Cl)C(F)(F)C(F)(F)F. The molecule has 114 valence electrons. The molecule has 0 bridgehead atoms. The number of benzene rings is 1. The first-order valence-electron chi connectivity index (χ1n) is 5.97. The van der Waals surface area contributed by atoms with E-state index in [1.165, 1.54) is 19.1 Å². The van der Waals surface area contributed by atoms with Gasteiger partial charge in [-0.05, 0) is 43.1 Å². The molecule has 0 aromatic heterocycles. The zero-order valence-corrected chi connectivity index (χ0v) is 12.0. The standard InChI is InChI=1S/C13H15ClF5N/c1-4-20-11(12(15,16)13(17,18)19)9-5-7(2)8(3)6-10(9)14/h5-6,11,20H,4H2,1-3H3. The summed E-state index contributed by atoms with van der Waals surface area (Å²) in [6.07, 6.45) is -5.65. The predicted molar refractivity (Wildman–Crippen MR) is 68.3 cm³/mol. The first kappa shape index (κ1) is 17.2. The highest BCUT2D eigenvalue weighted by atomic mass is 35.5. The molecule has 1 atom stereocenters. The average molecular weight is 316 g/mol. The third-order valence-corrected chi connectivity index (χ3v) is 3.40. The Morgan fingerprint density at radius 1 is 1.10 bits per heavy atom. The first-order chi connectivity index (χ1) is 9.02. The van der Waals surface area contributed by atoms with Crippen LogP contribution in [-0.2, 0) is 0 Å². The Bertz CT molecular complexity index is 484. The monoisotopic (exact) mass is 315 g/mol. The van der Waals surface area contributed by atoms with Crippen LogP contribution in [0, 0.1) is 13.8 Å². The van der Waals surface area contributed by atoms with Crippen molar-refractivity contribution in [1.29, 1.82) is 0 Å². The van der Waals surface area contributed by atoms with Gasteiger partial charge in [-0.3, -0.25) is 0 Å². The maximum atomic E-state index is 13.6. The van der Waals surface area contributed by atoms with Gasteiger partial charge in [-0.2, -0.15) is 22.0 Å². The van der Waals surface area contributed by atoms with Gasteiger partial charge < -0.3 is 5.32 Å². The van der Waals surface area contributed by atoms with Crippen molar-refractivity contribution in [3.8, 4) is 0 Å². The van der Waals surface area contributed by atoms with Crippen molar-refractivity contribution in [2.45, 2.75) is 38.9 Å². The summed E-state index contributed by atoms with van der Waals surface area (Å²) in [6, 6.07) is 0.451. The Morgan fingerprint density at radius 3 is 2.05 bits per heavy atom. The molecular weight excluding hydrogens is 301 g/mol. The largest absolute Gasteiger partial charge is 0.455 e. The molecule has 0 heterocycles. The summed E-state index contributed by atoms with van der Waals surface area (Å²) in [5.41, 5.74) is 1.08. The summed E-state index contributed by atoms with van der Waals surface area (Å²) >= 11 is 5.85. The van der Waals surface area contributed by atoms with E-state index in [9.17, 15) is 22.0 Å². The third-order valence-electron chi connectivity index (χ3n) is 3.07. The molecule has 0 fully saturated rings. The highest BCUT2D eigenvalue weighted by molar-refractivity contribution is 6.31. The number of halogens is 6. The molecule has 0 spiro atoms. The van der Waals surface area contributed by atoms with Gasteiger partial charge in [0.1, 0.15) is 6.04 Å². The summed E-state index contributed by atoms with van der Waals surface area (Å²) in [7, 11) is 0. The van der Waals surface area contributed by atoms with E-state index in [1.807, 2.05) is 0 Å². The van der Waals surface area contributed by atoms with Gasteiger partial charge in [0.2, 0.25) is 0 Å². The van der Waals surface area contributed by atoms with Gasteiger partial charge in [0, 0.05) is 5.02 Å². The van der Waals surface area contributed by atoms with Gasteiger partial charge in [-0.25, -0.2) is 0 Å². The normalized spacial score (nSPS) is 14.4. The molecule has 0 radical (unpaired) electrons. The Labute approximate surface area is 119 Å². The van der Waals surface area contributed by atoms with E-state index >= 15 is 0 Å². The van der Waals surface area contributed by atoms with Crippen molar-refractivity contribution in [1.82, 2.24) is 5.32 Å². The third kappa shape index (κ3) is 3.23. The summed E-state index contributed by atoms with van der Waals surface area (Å²) in [5, 5.41) is 2.07. The van der Waals surface area contributed by atoms with Crippen LogP contribution in [0.5, 0.6) is 0 Å². The fourth-order valence-electron chi connectivity index (χ4n) is 1.83. The van der Waals surface area contributed by atoms with Crippen molar-refractivity contribution in [2.24, 2.45) is 0 Å². The fraction of sp³-hybridized carbons (Fsp3) is 0.538. The smallest absolute Gasteiger partial charge is 0.305 e. The zero-order chi connectivity index (χ0) is 15.7. The summed E-state index contributed by atoms with van der Waals surface area (Å²) in [6.45, 7) is 4.74. The van der Waals surface area contributed by atoms with Crippen molar-refractivity contribution in [2.75, 3.05) is 6.54 Å². The minimum absolute atomic E-state index is 0.0421. The molecule has 0 aliphatic rings. The number of hydrogen-bond donors (Lipinski definition) is 1. The van der Waals surface area contributed by atoms with E-state index in [-0.39, 0.29) is 17.1 Å². The van der Waals surface area contributed by atoms with Gasteiger partial charge in [0.05, 0.1) is 0 Å². The number of nitrogens with one attached hydrogen (secondary N) is 1. The van der Waals surface area contributed by atoms with E-state index in [0.29, 0.717) is 5.56 Å². The Balaban J connectivity index is 3.39. The molecule has 1 aromatic carbocycles. The molecule has 7 heteroatoms. The molecule has 1 unspecified atom stereocenters. The van der Waals surface area contributed by atoms with Crippen molar-refractivity contribution in [3.63, 3.8) is 0 Å². The molecule has 0 aliphatic carbocycles. The van der Waals surface area contributed by atoms with Crippen LogP contribution in [0.2, 0.25) is 5.02 Å². The lowest BCUT2D eigenvalue weighted by Crippen LogP contribution is -2.48. The van der Waals surface area contributed by atoms with E-state index in [2.05, 4.69) is 5.32 Å².